The van der Waals surface area contributed by atoms with Crippen LogP contribution in [0.2, 0.25) is 0 Å². The summed E-state index contributed by atoms with van der Waals surface area (Å²) in [5, 5.41) is 0. The highest BCUT2D eigenvalue weighted by Gasteiger charge is 2.56. The van der Waals surface area contributed by atoms with Crippen molar-refractivity contribution in [1.82, 2.24) is 0 Å². The van der Waals surface area contributed by atoms with E-state index in [0.29, 0.717) is 28.4 Å². The second-order valence-corrected chi connectivity index (χ2v) is 8.93. The summed E-state index contributed by atoms with van der Waals surface area (Å²) in [5.74, 6) is 1.46. The molecule has 116 valence electrons. The van der Waals surface area contributed by atoms with Crippen LogP contribution < -0.4 is 0 Å². The molecule has 21 heavy (non-hydrogen) atoms. The molecule has 0 heterocycles. The van der Waals surface area contributed by atoms with Crippen LogP contribution in [0.4, 0.5) is 0 Å². The fourth-order valence-electron chi connectivity index (χ4n) is 5.66. The molecule has 1 nitrogen and oxygen atoms in total. The van der Waals surface area contributed by atoms with Crippen molar-refractivity contribution in [2.45, 2.75) is 66.2 Å². The van der Waals surface area contributed by atoms with Gasteiger partial charge in [-0.2, -0.15) is 0 Å². The normalized spacial score (nSPS) is 45.3. The Kier molecular flexibility index (Phi) is 3.28. The molecular formula is C20H30O. The first-order chi connectivity index (χ1) is 9.72. The molecule has 3 aliphatic rings. The third-order valence-electron chi connectivity index (χ3n) is 7.08. The molecule has 0 bridgehead atoms. The molecule has 0 saturated heterocycles. The average Bonchev–Trinajstić information content (AvgIpc) is 2.41. The van der Waals surface area contributed by atoms with Crippen molar-refractivity contribution >= 4 is 5.78 Å². The zero-order valence-electron chi connectivity index (χ0n) is 14.2. The van der Waals surface area contributed by atoms with Gasteiger partial charge in [0.05, 0.1) is 0 Å². The minimum atomic E-state index is 0.0227. The van der Waals surface area contributed by atoms with Crippen molar-refractivity contribution in [3.8, 4) is 0 Å². The number of ketones is 1. The second kappa shape index (κ2) is 4.57. The summed E-state index contributed by atoms with van der Waals surface area (Å²) in [6, 6.07) is 0. The number of allylic oxidation sites excluding steroid dienone is 3. The molecule has 0 aromatic rings. The first kappa shape index (κ1) is 15.1. The van der Waals surface area contributed by atoms with E-state index in [2.05, 4.69) is 40.3 Å². The molecule has 0 amide bonds. The molecule has 0 aromatic heterocycles. The van der Waals surface area contributed by atoms with Gasteiger partial charge in [0.25, 0.3) is 0 Å². The SMILES string of the molecule is C=C[C@]1(C)C=C2C(=O)CC3C(C)(C)CCC[C@]3(C)C2CC1. The molecule has 0 radical (unpaired) electrons. The fourth-order valence-corrected chi connectivity index (χ4v) is 5.66. The number of hydrogen-bond acceptors (Lipinski definition) is 1. The van der Waals surface area contributed by atoms with Crippen molar-refractivity contribution in [2.75, 3.05) is 0 Å². The van der Waals surface area contributed by atoms with E-state index in [1.54, 1.807) is 0 Å². The molecule has 3 aliphatic carbocycles. The largest absolute Gasteiger partial charge is 0.295 e. The number of rotatable bonds is 1. The molecule has 2 fully saturated rings. The fraction of sp³-hybridized carbons (Fsp3) is 0.750. The van der Waals surface area contributed by atoms with Crippen molar-refractivity contribution in [2.24, 2.45) is 28.1 Å². The van der Waals surface area contributed by atoms with E-state index < -0.39 is 0 Å². The molecule has 0 N–H and O–H groups in total. The minimum Gasteiger partial charge on any atom is -0.295 e. The van der Waals surface area contributed by atoms with Gasteiger partial charge in [-0.05, 0) is 53.9 Å². The van der Waals surface area contributed by atoms with E-state index in [9.17, 15) is 4.79 Å². The first-order valence-corrected chi connectivity index (χ1v) is 8.61. The first-order valence-electron chi connectivity index (χ1n) is 8.61. The van der Waals surface area contributed by atoms with Gasteiger partial charge in [0.2, 0.25) is 0 Å². The van der Waals surface area contributed by atoms with E-state index in [-0.39, 0.29) is 5.41 Å². The summed E-state index contributed by atoms with van der Waals surface area (Å²) in [6.45, 7) is 13.4. The molecule has 0 aliphatic heterocycles. The van der Waals surface area contributed by atoms with Gasteiger partial charge in [-0.25, -0.2) is 0 Å². The van der Waals surface area contributed by atoms with Gasteiger partial charge in [0.15, 0.2) is 5.78 Å². The van der Waals surface area contributed by atoms with Crippen molar-refractivity contribution in [3.05, 3.63) is 24.3 Å². The summed E-state index contributed by atoms with van der Waals surface area (Å²) in [4.78, 5) is 12.8. The monoisotopic (exact) mass is 286 g/mol. The number of fused-ring (bicyclic) bond motifs is 3. The second-order valence-electron chi connectivity index (χ2n) is 8.93. The summed E-state index contributed by atoms with van der Waals surface area (Å²) in [6.07, 6.45) is 11.2. The van der Waals surface area contributed by atoms with Gasteiger partial charge >= 0.3 is 0 Å². The molecule has 3 rings (SSSR count). The zero-order valence-corrected chi connectivity index (χ0v) is 14.2. The van der Waals surface area contributed by atoms with E-state index in [0.717, 1.165) is 24.8 Å². The van der Waals surface area contributed by atoms with Crippen LogP contribution in [0.1, 0.15) is 66.2 Å². The highest BCUT2D eigenvalue weighted by Crippen LogP contribution is 2.62. The highest BCUT2D eigenvalue weighted by atomic mass is 16.1. The molecule has 2 unspecified atom stereocenters. The molecular weight excluding hydrogens is 256 g/mol. The quantitative estimate of drug-likeness (QED) is 0.596. The third-order valence-corrected chi connectivity index (χ3v) is 7.08. The van der Waals surface area contributed by atoms with Crippen LogP contribution in [0.5, 0.6) is 0 Å². The Balaban J connectivity index is 2.05. The van der Waals surface area contributed by atoms with Crippen LogP contribution in [-0.4, -0.2) is 5.78 Å². The smallest absolute Gasteiger partial charge is 0.159 e. The van der Waals surface area contributed by atoms with E-state index in [1.165, 1.54) is 19.3 Å². The van der Waals surface area contributed by atoms with Crippen LogP contribution in [0.3, 0.4) is 0 Å². The Hall–Kier alpha value is -0.850. The van der Waals surface area contributed by atoms with Crippen molar-refractivity contribution in [3.63, 3.8) is 0 Å². The van der Waals surface area contributed by atoms with Gasteiger partial charge in [0, 0.05) is 11.8 Å². The molecule has 2 saturated carbocycles. The van der Waals surface area contributed by atoms with Gasteiger partial charge in [0.1, 0.15) is 0 Å². The predicted molar refractivity (Wildman–Crippen MR) is 88.0 cm³/mol. The summed E-state index contributed by atoms with van der Waals surface area (Å²) in [5.41, 5.74) is 1.80. The molecule has 0 aromatic carbocycles. The maximum atomic E-state index is 12.8. The lowest BCUT2D eigenvalue weighted by Gasteiger charge is -2.58. The maximum absolute atomic E-state index is 12.8. The lowest BCUT2D eigenvalue weighted by molar-refractivity contribution is -0.131. The Labute approximate surface area is 129 Å². The lowest BCUT2D eigenvalue weighted by atomic mass is 9.45. The molecule has 4 atom stereocenters. The van der Waals surface area contributed by atoms with E-state index in [4.69, 9.17) is 0 Å². The lowest BCUT2D eigenvalue weighted by Crippen LogP contribution is -2.53. The molecule has 0 spiro atoms. The minimum absolute atomic E-state index is 0.0227. The van der Waals surface area contributed by atoms with Gasteiger partial charge in [-0.3, -0.25) is 4.79 Å². The summed E-state index contributed by atoms with van der Waals surface area (Å²) in [7, 11) is 0. The summed E-state index contributed by atoms with van der Waals surface area (Å²) < 4.78 is 0. The summed E-state index contributed by atoms with van der Waals surface area (Å²) >= 11 is 0. The van der Waals surface area contributed by atoms with Gasteiger partial charge in [-0.15, -0.1) is 6.58 Å². The molecule has 1 heteroatoms. The predicted octanol–water partition coefficient (Wildman–Crippen LogP) is 5.32. The maximum Gasteiger partial charge on any atom is 0.159 e. The van der Waals surface area contributed by atoms with Gasteiger partial charge in [-0.1, -0.05) is 46.3 Å². The zero-order chi connectivity index (χ0) is 15.5. The average molecular weight is 286 g/mol. The van der Waals surface area contributed by atoms with Gasteiger partial charge < -0.3 is 0 Å². The van der Waals surface area contributed by atoms with E-state index >= 15 is 0 Å². The number of carbonyl (C=O) groups excluding carboxylic acids is 1. The Bertz CT molecular complexity index is 512. The number of Topliss-reactive ketones (excluding diaryl/α,β-unsaturated/α-hetero) is 1. The number of carbonyl (C=O) groups is 1. The Morgan fingerprint density at radius 2 is 1.90 bits per heavy atom. The van der Waals surface area contributed by atoms with Crippen LogP contribution in [0.15, 0.2) is 24.3 Å². The van der Waals surface area contributed by atoms with Crippen LogP contribution >= 0.6 is 0 Å². The Morgan fingerprint density at radius 3 is 2.57 bits per heavy atom. The third kappa shape index (κ3) is 2.15. The van der Waals surface area contributed by atoms with E-state index in [1.807, 2.05) is 6.08 Å². The topological polar surface area (TPSA) is 17.1 Å². The van der Waals surface area contributed by atoms with Crippen LogP contribution in [-0.2, 0) is 4.79 Å². The van der Waals surface area contributed by atoms with Crippen molar-refractivity contribution in [1.29, 1.82) is 0 Å². The standard InChI is InChI=1S/C20H30O/c1-6-19(4)11-8-15-14(13-19)16(21)12-17-18(2,3)9-7-10-20(15,17)5/h6,13,15,17H,1,7-12H2,2-5H3/t15?,17?,19-,20+/m0/s1. The van der Waals surface area contributed by atoms with Crippen LogP contribution in [0, 0.1) is 28.1 Å². The highest BCUT2D eigenvalue weighted by molar-refractivity contribution is 5.97. The van der Waals surface area contributed by atoms with Crippen molar-refractivity contribution < 1.29 is 4.79 Å². The Morgan fingerprint density at radius 1 is 1.19 bits per heavy atom. The van der Waals surface area contributed by atoms with Crippen LogP contribution in [0.25, 0.3) is 0 Å². The number of hydrogen-bond donors (Lipinski definition) is 0.